The van der Waals surface area contributed by atoms with E-state index in [0.29, 0.717) is 13.1 Å². The summed E-state index contributed by atoms with van der Waals surface area (Å²) >= 11 is 0. The largest absolute Gasteiger partial charge is 0.342 e. The molecular weight excluding hydrogens is 202 g/mol. The number of carbonyl (C=O) groups is 1. The molecule has 84 valence electrons. The Hall–Kier alpha value is -1.89. The molecule has 0 atom stereocenters. The van der Waals surface area contributed by atoms with E-state index in [1.807, 2.05) is 25.1 Å². The van der Waals surface area contributed by atoms with Crippen LogP contribution >= 0.6 is 0 Å². The van der Waals surface area contributed by atoms with Gasteiger partial charge in [-0.05, 0) is 31.0 Å². The Bertz CT molecular complexity index is 370. The Balaban J connectivity index is 2.46. The number of nitrogens with zero attached hydrogens (tertiary/aromatic N) is 3. The Morgan fingerprint density at radius 1 is 1.50 bits per heavy atom. The van der Waals surface area contributed by atoms with E-state index in [1.165, 1.54) is 0 Å². The van der Waals surface area contributed by atoms with E-state index in [4.69, 9.17) is 5.26 Å². The average molecular weight is 217 g/mol. The molecule has 1 aromatic heterocycles. The summed E-state index contributed by atoms with van der Waals surface area (Å²) in [7, 11) is 0. The van der Waals surface area contributed by atoms with Crippen molar-refractivity contribution >= 4 is 5.91 Å². The highest BCUT2D eigenvalue weighted by atomic mass is 16.2. The second kappa shape index (κ2) is 6.57. The molecule has 0 aliphatic carbocycles. The predicted molar refractivity (Wildman–Crippen MR) is 60.4 cm³/mol. The van der Waals surface area contributed by atoms with Crippen LogP contribution in [0.2, 0.25) is 0 Å². The third-order valence-corrected chi connectivity index (χ3v) is 2.38. The molecule has 0 spiro atoms. The minimum Gasteiger partial charge on any atom is -0.342 e. The lowest BCUT2D eigenvalue weighted by Gasteiger charge is -2.19. The molecule has 0 aliphatic heterocycles. The lowest BCUT2D eigenvalue weighted by Crippen LogP contribution is -2.32. The van der Waals surface area contributed by atoms with E-state index in [-0.39, 0.29) is 12.3 Å². The number of carbonyl (C=O) groups excluding carboxylic acids is 1. The van der Waals surface area contributed by atoms with Gasteiger partial charge >= 0.3 is 0 Å². The monoisotopic (exact) mass is 217 g/mol. The van der Waals surface area contributed by atoms with Gasteiger partial charge < -0.3 is 4.90 Å². The van der Waals surface area contributed by atoms with Crippen molar-refractivity contribution in [2.75, 3.05) is 13.1 Å². The molecule has 1 aromatic rings. The minimum atomic E-state index is -0.0981. The number of nitriles is 1. The molecule has 0 aromatic carbocycles. The van der Waals surface area contributed by atoms with Gasteiger partial charge in [-0.3, -0.25) is 9.78 Å². The van der Waals surface area contributed by atoms with Crippen LogP contribution in [-0.4, -0.2) is 28.9 Å². The molecule has 0 unspecified atom stereocenters. The van der Waals surface area contributed by atoms with Gasteiger partial charge in [0.15, 0.2) is 0 Å². The maximum absolute atomic E-state index is 11.5. The first-order valence-corrected chi connectivity index (χ1v) is 5.31. The minimum absolute atomic E-state index is 0.0375. The van der Waals surface area contributed by atoms with Crippen molar-refractivity contribution < 1.29 is 4.79 Å². The molecular formula is C12H15N3O. The van der Waals surface area contributed by atoms with Crippen molar-refractivity contribution in [1.29, 1.82) is 5.26 Å². The maximum atomic E-state index is 11.5. The highest BCUT2D eigenvalue weighted by Gasteiger charge is 2.10. The molecule has 4 nitrogen and oxygen atoms in total. The summed E-state index contributed by atoms with van der Waals surface area (Å²) < 4.78 is 0. The standard InChI is InChI=1S/C12H15N3O/c1-2-15(12(16)3-7-13)10-6-11-4-8-14-9-5-11/h4-5,8-9H,2-3,6,10H2,1H3. The van der Waals surface area contributed by atoms with Crippen molar-refractivity contribution in [3.05, 3.63) is 30.1 Å². The normalized spacial score (nSPS) is 9.50. The smallest absolute Gasteiger partial charge is 0.236 e. The zero-order valence-corrected chi connectivity index (χ0v) is 9.39. The van der Waals surface area contributed by atoms with Crippen LogP contribution in [-0.2, 0) is 11.2 Å². The molecule has 4 heteroatoms. The van der Waals surface area contributed by atoms with Crippen LogP contribution in [0.4, 0.5) is 0 Å². The Morgan fingerprint density at radius 2 is 2.19 bits per heavy atom. The summed E-state index contributed by atoms with van der Waals surface area (Å²) in [5.41, 5.74) is 1.15. The third kappa shape index (κ3) is 3.70. The molecule has 0 aliphatic rings. The van der Waals surface area contributed by atoms with E-state index in [2.05, 4.69) is 4.98 Å². The van der Waals surface area contributed by atoms with Crippen LogP contribution in [0, 0.1) is 11.3 Å². The lowest BCUT2D eigenvalue weighted by molar-refractivity contribution is -0.129. The van der Waals surface area contributed by atoms with Gasteiger partial charge in [-0.25, -0.2) is 0 Å². The number of hydrogen-bond donors (Lipinski definition) is 0. The molecule has 0 bridgehead atoms. The van der Waals surface area contributed by atoms with Crippen molar-refractivity contribution in [3.8, 4) is 6.07 Å². The quantitative estimate of drug-likeness (QED) is 0.748. The van der Waals surface area contributed by atoms with Crippen molar-refractivity contribution in [2.45, 2.75) is 19.8 Å². The first kappa shape index (κ1) is 12.2. The Kier molecular flexibility index (Phi) is 5.00. The SMILES string of the molecule is CCN(CCc1ccncc1)C(=O)CC#N. The van der Waals surface area contributed by atoms with E-state index >= 15 is 0 Å². The highest BCUT2D eigenvalue weighted by Crippen LogP contribution is 2.01. The molecule has 1 rings (SSSR count). The second-order valence-electron chi connectivity index (χ2n) is 3.41. The molecule has 1 amide bonds. The predicted octanol–water partition coefficient (Wildman–Crippen LogP) is 1.39. The van der Waals surface area contributed by atoms with Gasteiger partial charge in [-0.1, -0.05) is 0 Å². The van der Waals surface area contributed by atoms with Crippen molar-refractivity contribution in [3.63, 3.8) is 0 Å². The number of aromatic nitrogens is 1. The topological polar surface area (TPSA) is 57.0 Å². The van der Waals surface area contributed by atoms with Gasteiger partial charge in [0.2, 0.25) is 5.91 Å². The number of amides is 1. The van der Waals surface area contributed by atoms with E-state index in [1.54, 1.807) is 17.3 Å². The number of pyridine rings is 1. The van der Waals surface area contributed by atoms with Gasteiger partial charge in [0, 0.05) is 25.5 Å². The Labute approximate surface area is 95.5 Å². The van der Waals surface area contributed by atoms with Crippen LogP contribution in [0.1, 0.15) is 18.9 Å². The number of hydrogen-bond acceptors (Lipinski definition) is 3. The van der Waals surface area contributed by atoms with Gasteiger partial charge in [-0.2, -0.15) is 5.26 Å². The first-order chi connectivity index (χ1) is 7.77. The second-order valence-corrected chi connectivity index (χ2v) is 3.41. The van der Waals surface area contributed by atoms with Crippen LogP contribution < -0.4 is 0 Å². The summed E-state index contributed by atoms with van der Waals surface area (Å²) in [5.74, 6) is -0.0981. The highest BCUT2D eigenvalue weighted by molar-refractivity contribution is 5.78. The Morgan fingerprint density at radius 3 is 2.75 bits per heavy atom. The summed E-state index contributed by atoms with van der Waals surface area (Å²) in [6.45, 7) is 3.22. The molecule has 0 radical (unpaired) electrons. The third-order valence-electron chi connectivity index (χ3n) is 2.38. The van der Waals surface area contributed by atoms with E-state index < -0.39 is 0 Å². The van der Waals surface area contributed by atoms with Gasteiger partial charge in [0.25, 0.3) is 0 Å². The fourth-order valence-electron chi connectivity index (χ4n) is 1.45. The van der Waals surface area contributed by atoms with Gasteiger partial charge in [-0.15, -0.1) is 0 Å². The van der Waals surface area contributed by atoms with Crippen LogP contribution in [0.25, 0.3) is 0 Å². The molecule has 0 fully saturated rings. The fraction of sp³-hybridized carbons (Fsp3) is 0.417. The molecule has 0 saturated carbocycles. The summed E-state index contributed by atoms with van der Waals surface area (Å²) in [6, 6.07) is 5.75. The van der Waals surface area contributed by atoms with Crippen LogP contribution in [0.3, 0.4) is 0 Å². The van der Waals surface area contributed by atoms with Crippen LogP contribution in [0.15, 0.2) is 24.5 Å². The zero-order chi connectivity index (χ0) is 11.8. The average Bonchev–Trinajstić information content (AvgIpc) is 2.31. The number of rotatable bonds is 5. The molecule has 0 N–H and O–H groups in total. The summed E-state index contributed by atoms with van der Waals surface area (Å²) in [4.78, 5) is 17.1. The van der Waals surface area contributed by atoms with E-state index in [9.17, 15) is 4.79 Å². The maximum Gasteiger partial charge on any atom is 0.236 e. The number of likely N-dealkylation sites (N-methyl/N-ethyl adjacent to an activating group) is 1. The lowest BCUT2D eigenvalue weighted by atomic mass is 10.2. The van der Waals surface area contributed by atoms with Crippen LogP contribution in [0.5, 0.6) is 0 Å². The fourth-order valence-corrected chi connectivity index (χ4v) is 1.45. The zero-order valence-electron chi connectivity index (χ0n) is 9.39. The van der Waals surface area contributed by atoms with Gasteiger partial charge in [0.05, 0.1) is 6.07 Å². The van der Waals surface area contributed by atoms with Gasteiger partial charge in [0.1, 0.15) is 6.42 Å². The van der Waals surface area contributed by atoms with E-state index in [0.717, 1.165) is 12.0 Å². The van der Waals surface area contributed by atoms with Crippen molar-refractivity contribution in [2.24, 2.45) is 0 Å². The molecule has 0 saturated heterocycles. The summed E-state index contributed by atoms with van der Waals surface area (Å²) in [5, 5.41) is 8.46. The molecule has 1 heterocycles. The summed E-state index contributed by atoms with van der Waals surface area (Å²) in [6.07, 6.45) is 4.24. The molecule has 16 heavy (non-hydrogen) atoms. The van der Waals surface area contributed by atoms with Crippen molar-refractivity contribution in [1.82, 2.24) is 9.88 Å². The first-order valence-electron chi connectivity index (χ1n) is 5.31.